The average molecular weight is 367 g/mol. The molecule has 0 saturated carbocycles. The van der Waals surface area contributed by atoms with Crippen LogP contribution in [0.5, 0.6) is 0 Å². The van der Waals surface area contributed by atoms with Crippen molar-refractivity contribution in [1.29, 1.82) is 0 Å². The lowest BCUT2D eigenvalue weighted by Gasteiger charge is -2.14. The van der Waals surface area contributed by atoms with Crippen LogP contribution in [0.2, 0.25) is 0 Å². The Morgan fingerprint density at radius 1 is 1.36 bits per heavy atom. The fourth-order valence-electron chi connectivity index (χ4n) is 1.77. The lowest BCUT2D eigenvalue weighted by Crippen LogP contribution is -2.34. The van der Waals surface area contributed by atoms with Crippen molar-refractivity contribution in [2.24, 2.45) is 5.73 Å². The number of benzene rings is 1. The van der Waals surface area contributed by atoms with Crippen LogP contribution in [0.4, 0.5) is 0 Å². The molecular weight excluding hydrogens is 344 g/mol. The number of sulfone groups is 1. The quantitative estimate of drug-likeness (QED) is 0.685. The standard InChI is InChI=1S/C14H22N2O3S2.ClH/c1-3-10-21(18,19)13-7-5-4-6-12(13)20-11(2)14(17)16-9-8-15;/h4-7,11H,3,8-10,15H2,1-2H3,(H,16,17);1H. The zero-order chi connectivity index (χ0) is 15.9. The van der Waals surface area contributed by atoms with Crippen molar-refractivity contribution in [2.45, 2.75) is 35.3 Å². The molecule has 22 heavy (non-hydrogen) atoms. The van der Waals surface area contributed by atoms with E-state index in [2.05, 4.69) is 5.32 Å². The highest BCUT2D eigenvalue weighted by molar-refractivity contribution is 8.01. The fraction of sp³-hybridized carbons (Fsp3) is 0.500. The Kier molecular flexibility index (Phi) is 9.75. The Bertz CT molecular complexity index is 579. The van der Waals surface area contributed by atoms with Gasteiger partial charge >= 0.3 is 0 Å². The van der Waals surface area contributed by atoms with Crippen LogP contribution in [-0.4, -0.2) is 38.4 Å². The van der Waals surface area contributed by atoms with E-state index >= 15 is 0 Å². The summed E-state index contributed by atoms with van der Waals surface area (Å²) in [5, 5.41) is 2.32. The molecule has 0 aromatic heterocycles. The second-order valence-electron chi connectivity index (χ2n) is 4.61. The molecule has 1 aromatic rings. The van der Waals surface area contributed by atoms with Gasteiger partial charge in [0.25, 0.3) is 0 Å². The monoisotopic (exact) mass is 366 g/mol. The molecule has 1 aromatic carbocycles. The third-order valence-electron chi connectivity index (χ3n) is 2.77. The van der Waals surface area contributed by atoms with Gasteiger partial charge in [0.1, 0.15) is 0 Å². The molecule has 126 valence electrons. The van der Waals surface area contributed by atoms with E-state index in [0.29, 0.717) is 29.3 Å². The number of amides is 1. The number of hydrogen-bond acceptors (Lipinski definition) is 5. The van der Waals surface area contributed by atoms with E-state index < -0.39 is 9.84 Å². The molecule has 0 fully saturated rings. The van der Waals surface area contributed by atoms with Gasteiger partial charge in [-0.1, -0.05) is 19.1 Å². The third kappa shape index (κ3) is 6.16. The molecule has 1 unspecified atom stereocenters. The number of thioether (sulfide) groups is 1. The zero-order valence-corrected chi connectivity index (χ0v) is 15.2. The molecule has 5 nitrogen and oxygen atoms in total. The van der Waals surface area contributed by atoms with Crippen LogP contribution in [0, 0.1) is 0 Å². The van der Waals surface area contributed by atoms with Crippen molar-refractivity contribution < 1.29 is 13.2 Å². The van der Waals surface area contributed by atoms with Gasteiger partial charge in [-0.05, 0) is 25.5 Å². The Labute approximate surface area is 142 Å². The lowest BCUT2D eigenvalue weighted by atomic mass is 10.4. The number of nitrogens with one attached hydrogen (secondary N) is 1. The van der Waals surface area contributed by atoms with Gasteiger partial charge in [-0.25, -0.2) is 8.42 Å². The highest BCUT2D eigenvalue weighted by Gasteiger charge is 2.21. The second kappa shape index (κ2) is 10.1. The van der Waals surface area contributed by atoms with Crippen molar-refractivity contribution in [3.63, 3.8) is 0 Å². The minimum Gasteiger partial charge on any atom is -0.354 e. The first-order chi connectivity index (χ1) is 9.92. The molecule has 0 heterocycles. The van der Waals surface area contributed by atoms with Crippen LogP contribution in [0.1, 0.15) is 20.3 Å². The number of carbonyl (C=O) groups excluding carboxylic acids is 1. The van der Waals surface area contributed by atoms with E-state index in [0.717, 1.165) is 0 Å². The predicted molar refractivity (Wildman–Crippen MR) is 93.4 cm³/mol. The molecular formula is C14H23ClN2O3S2. The summed E-state index contributed by atoms with van der Waals surface area (Å²) in [5.41, 5.74) is 5.34. The lowest BCUT2D eigenvalue weighted by molar-refractivity contribution is -0.120. The number of rotatable bonds is 8. The molecule has 0 spiro atoms. The van der Waals surface area contributed by atoms with Gasteiger partial charge < -0.3 is 11.1 Å². The van der Waals surface area contributed by atoms with Crippen LogP contribution in [-0.2, 0) is 14.6 Å². The van der Waals surface area contributed by atoms with Crippen LogP contribution in [0.15, 0.2) is 34.1 Å². The van der Waals surface area contributed by atoms with Gasteiger partial charge in [0.2, 0.25) is 5.91 Å². The third-order valence-corrected chi connectivity index (χ3v) is 6.05. The smallest absolute Gasteiger partial charge is 0.233 e. The van der Waals surface area contributed by atoms with Crippen molar-refractivity contribution in [1.82, 2.24) is 5.32 Å². The minimum absolute atomic E-state index is 0. The van der Waals surface area contributed by atoms with E-state index in [1.54, 1.807) is 31.2 Å². The van der Waals surface area contributed by atoms with Gasteiger partial charge in [0.05, 0.1) is 15.9 Å². The molecule has 0 aliphatic heterocycles. The molecule has 8 heteroatoms. The normalized spacial score (nSPS) is 12.3. The van der Waals surface area contributed by atoms with Crippen molar-refractivity contribution in [2.75, 3.05) is 18.8 Å². The summed E-state index contributed by atoms with van der Waals surface area (Å²) in [4.78, 5) is 12.8. The molecule has 0 aliphatic rings. The van der Waals surface area contributed by atoms with E-state index in [9.17, 15) is 13.2 Å². The maximum absolute atomic E-state index is 12.2. The summed E-state index contributed by atoms with van der Waals surface area (Å²) in [7, 11) is -3.30. The van der Waals surface area contributed by atoms with Crippen LogP contribution < -0.4 is 11.1 Å². The first kappa shape index (κ1) is 21.2. The summed E-state index contributed by atoms with van der Waals surface area (Å²) in [6.45, 7) is 4.38. The zero-order valence-electron chi connectivity index (χ0n) is 12.7. The first-order valence-corrected chi connectivity index (χ1v) is 9.41. The molecule has 3 N–H and O–H groups in total. The minimum atomic E-state index is -3.30. The summed E-state index contributed by atoms with van der Waals surface area (Å²) >= 11 is 1.25. The number of nitrogens with two attached hydrogens (primary N) is 1. The van der Waals surface area contributed by atoms with Gasteiger partial charge in [-0.15, -0.1) is 24.2 Å². The number of halogens is 1. The van der Waals surface area contributed by atoms with Crippen LogP contribution in [0.3, 0.4) is 0 Å². The van der Waals surface area contributed by atoms with Crippen molar-refractivity contribution in [3.8, 4) is 0 Å². The Hall–Kier alpha value is -0.760. The van der Waals surface area contributed by atoms with Crippen LogP contribution >= 0.6 is 24.2 Å². The molecule has 1 rings (SSSR count). The average Bonchev–Trinajstić information content (AvgIpc) is 2.45. The topological polar surface area (TPSA) is 89.3 Å². The molecule has 0 radical (unpaired) electrons. The summed E-state index contributed by atoms with van der Waals surface area (Å²) in [6.07, 6.45) is 0.563. The Balaban J connectivity index is 0.00000441. The summed E-state index contributed by atoms with van der Waals surface area (Å²) < 4.78 is 24.5. The van der Waals surface area contributed by atoms with E-state index in [4.69, 9.17) is 5.73 Å². The second-order valence-corrected chi connectivity index (χ2v) is 8.07. The van der Waals surface area contributed by atoms with Crippen molar-refractivity contribution in [3.05, 3.63) is 24.3 Å². The van der Waals surface area contributed by atoms with E-state index in [1.807, 2.05) is 6.92 Å². The van der Waals surface area contributed by atoms with Gasteiger partial charge in [0, 0.05) is 18.0 Å². The van der Waals surface area contributed by atoms with Gasteiger partial charge in [-0.3, -0.25) is 4.79 Å². The summed E-state index contributed by atoms with van der Waals surface area (Å²) in [6, 6.07) is 6.81. The van der Waals surface area contributed by atoms with E-state index in [-0.39, 0.29) is 29.3 Å². The first-order valence-electron chi connectivity index (χ1n) is 6.88. The SMILES string of the molecule is CCCS(=O)(=O)c1ccccc1SC(C)C(=O)NCCN.Cl. The van der Waals surface area contributed by atoms with Crippen molar-refractivity contribution >= 4 is 39.9 Å². The predicted octanol–water partition coefficient (Wildman–Crippen LogP) is 1.85. The van der Waals surface area contributed by atoms with Crippen LogP contribution in [0.25, 0.3) is 0 Å². The largest absolute Gasteiger partial charge is 0.354 e. The maximum Gasteiger partial charge on any atom is 0.233 e. The highest BCUT2D eigenvalue weighted by Crippen LogP contribution is 2.30. The molecule has 0 saturated heterocycles. The molecule has 1 atom stereocenters. The van der Waals surface area contributed by atoms with Gasteiger partial charge in [0.15, 0.2) is 9.84 Å². The molecule has 0 bridgehead atoms. The molecule has 0 aliphatic carbocycles. The van der Waals surface area contributed by atoms with E-state index in [1.165, 1.54) is 11.8 Å². The number of hydrogen-bond donors (Lipinski definition) is 2. The summed E-state index contributed by atoms with van der Waals surface area (Å²) in [5.74, 6) is -0.0358. The highest BCUT2D eigenvalue weighted by atomic mass is 35.5. The number of carbonyl (C=O) groups is 1. The Morgan fingerprint density at radius 2 is 2.00 bits per heavy atom. The maximum atomic E-state index is 12.2. The Morgan fingerprint density at radius 3 is 2.59 bits per heavy atom. The van der Waals surface area contributed by atoms with Gasteiger partial charge in [-0.2, -0.15) is 0 Å². The molecule has 1 amide bonds. The fourth-order valence-corrected chi connectivity index (χ4v) is 4.62.